The SMILES string of the molecule is CC(Oc1ccc(C(C)C)cc1)C(=O)Nc1ccc(C(=O)O)cc1O. The number of aromatic carboxylic acids is 1. The number of hydrogen-bond donors (Lipinski definition) is 3. The van der Waals surface area contributed by atoms with E-state index < -0.39 is 18.0 Å². The van der Waals surface area contributed by atoms with E-state index in [9.17, 15) is 14.7 Å². The Balaban J connectivity index is 2.01. The van der Waals surface area contributed by atoms with Crippen LogP contribution in [0.5, 0.6) is 11.5 Å². The first-order chi connectivity index (χ1) is 11.8. The molecule has 1 unspecified atom stereocenters. The van der Waals surface area contributed by atoms with Gasteiger partial charge in [0.2, 0.25) is 0 Å². The van der Waals surface area contributed by atoms with Crippen LogP contribution in [-0.4, -0.2) is 28.2 Å². The van der Waals surface area contributed by atoms with E-state index in [0.29, 0.717) is 11.7 Å². The van der Waals surface area contributed by atoms with Gasteiger partial charge in [0.1, 0.15) is 11.5 Å². The Hall–Kier alpha value is -3.02. The van der Waals surface area contributed by atoms with Crippen LogP contribution in [0, 0.1) is 0 Å². The molecule has 6 nitrogen and oxygen atoms in total. The Bertz CT molecular complexity index is 768. The Kier molecular flexibility index (Phi) is 5.64. The number of anilines is 1. The molecular weight excluding hydrogens is 322 g/mol. The molecule has 0 spiro atoms. The summed E-state index contributed by atoms with van der Waals surface area (Å²) in [4.78, 5) is 23.0. The van der Waals surface area contributed by atoms with Crippen LogP contribution in [0.1, 0.15) is 42.6 Å². The molecule has 3 N–H and O–H groups in total. The summed E-state index contributed by atoms with van der Waals surface area (Å²) in [5.74, 6) is -0.952. The molecule has 0 aliphatic heterocycles. The van der Waals surface area contributed by atoms with Crippen LogP contribution in [0.3, 0.4) is 0 Å². The number of phenols is 1. The highest BCUT2D eigenvalue weighted by Gasteiger charge is 2.17. The number of carboxylic acid groups (broad SMARTS) is 1. The summed E-state index contributed by atoms with van der Waals surface area (Å²) in [7, 11) is 0. The average Bonchev–Trinajstić information content (AvgIpc) is 2.56. The maximum absolute atomic E-state index is 12.2. The van der Waals surface area contributed by atoms with Crippen LogP contribution in [0.25, 0.3) is 0 Å². The normalized spacial score (nSPS) is 11.8. The predicted molar refractivity (Wildman–Crippen MR) is 94.3 cm³/mol. The Morgan fingerprint density at radius 3 is 2.20 bits per heavy atom. The van der Waals surface area contributed by atoms with Crippen LogP contribution < -0.4 is 10.1 Å². The first-order valence-electron chi connectivity index (χ1n) is 7.91. The van der Waals surface area contributed by atoms with Gasteiger partial charge in [-0.1, -0.05) is 26.0 Å². The third-order valence-electron chi connectivity index (χ3n) is 3.73. The number of carboxylic acids is 1. The molecule has 0 fully saturated rings. The van der Waals surface area contributed by atoms with Gasteiger partial charge in [-0.3, -0.25) is 4.79 Å². The minimum absolute atomic E-state index is 0.0648. The maximum Gasteiger partial charge on any atom is 0.335 e. The van der Waals surface area contributed by atoms with Crippen LogP contribution in [0.15, 0.2) is 42.5 Å². The van der Waals surface area contributed by atoms with Crippen molar-refractivity contribution in [1.82, 2.24) is 0 Å². The lowest BCUT2D eigenvalue weighted by Crippen LogP contribution is -2.30. The molecule has 25 heavy (non-hydrogen) atoms. The molecule has 0 bridgehead atoms. The fourth-order valence-electron chi connectivity index (χ4n) is 2.19. The number of phenolic OH excluding ortho intramolecular Hbond substituents is 1. The molecule has 1 amide bonds. The van der Waals surface area contributed by atoms with Crippen molar-refractivity contribution in [1.29, 1.82) is 0 Å². The number of ether oxygens (including phenoxy) is 1. The summed E-state index contributed by atoms with van der Waals surface area (Å²) < 4.78 is 5.60. The lowest BCUT2D eigenvalue weighted by atomic mass is 10.0. The molecule has 6 heteroatoms. The van der Waals surface area contributed by atoms with E-state index in [0.717, 1.165) is 6.07 Å². The number of benzene rings is 2. The second-order valence-corrected chi connectivity index (χ2v) is 6.01. The monoisotopic (exact) mass is 343 g/mol. The topological polar surface area (TPSA) is 95.9 Å². The first kappa shape index (κ1) is 18.3. The van der Waals surface area contributed by atoms with Gasteiger partial charge in [-0.25, -0.2) is 4.79 Å². The standard InChI is InChI=1S/C19H21NO5/c1-11(2)13-4-7-15(8-5-13)25-12(3)18(22)20-16-9-6-14(19(23)24)10-17(16)21/h4-12,21H,1-3H3,(H,20,22)(H,23,24). The molecular formula is C19H21NO5. The van der Waals surface area contributed by atoms with Crippen LogP contribution in [0.4, 0.5) is 5.69 Å². The van der Waals surface area contributed by atoms with Crippen molar-refractivity contribution in [3.05, 3.63) is 53.6 Å². The van der Waals surface area contributed by atoms with Crippen molar-refractivity contribution >= 4 is 17.6 Å². The van der Waals surface area contributed by atoms with E-state index in [4.69, 9.17) is 9.84 Å². The summed E-state index contributed by atoms with van der Waals surface area (Å²) in [6.07, 6.45) is -0.788. The molecule has 0 saturated heterocycles. The Labute approximate surface area is 146 Å². The fraction of sp³-hybridized carbons (Fsp3) is 0.263. The van der Waals surface area contributed by atoms with E-state index in [1.54, 1.807) is 19.1 Å². The van der Waals surface area contributed by atoms with Crippen LogP contribution >= 0.6 is 0 Å². The minimum Gasteiger partial charge on any atom is -0.506 e. The van der Waals surface area contributed by atoms with Gasteiger partial charge in [-0.15, -0.1) is 0 Å². The quantitative estimate of drug-likeness (QED) is 0.696. The second kappa shape index (κ2) is 7.70. The predicted octanol–water partition coefficient (Wildman–Crippen LogP) is 3.62. The van der Waals surface area contributed by atoms with Gasteiger partial charge in [0.25, 0.3) is 5.91 Å². The summed E-state index contributed by atoms with van der Waals surface area (Å²) >= 11 is 0. The van der Waals surface area contributed by atoms with Gasteiger partial charge in [0, 0.05) is 0 Å². The van der Waals surface area contributed by atoms with Gasteiger partial charge >= 0.3 is 5.97 Å². The molecule has 2 aromatic carbocycles. The number of hydrogen-bond acceptors (Lipinski definition) is 4. The zero-order chi connectivity index (χ0) is 18.6. The second-order valence-electron chi connectivity index (χ2n) is 6.01. The number of amides is 1. The zero-order valence-corrected chi connectivity index (χ0v) is 14.3. The van der Waals surface area contributed by atoms with E-state index >= 15 is 0 Å². The van der Waals surface area contributed by atoms with Crippen molar-refractivity contribution < 1.29 is 24.5 Å². The maximum atomic E-state index is 12.2. The molecule has 0 aliphatic carbocycles. The van der Waals surface area contributed by atoms with Crippen molar-refractivity contribution in [3.63, 3.8) is 0 Å². The van der Waals surface area contributed by atoms with Gasteiger partial charge in [-0.2, -0.15) is 0 Å². The molecule has 0 radical (unpaired) electrons. The summed E-state index contributed by atoms with van der Waals surface area (Å²) in [6.45, 7) is 5.77. The number of carbonyl (C=O) groups excluding carboxylic acids is 1. The number of rotatable bonds is 6. The van der Waals surface area contributed by atoms with Crippen molar-refractivity contribution in [3.8, 4) is 11.5 Å². The highest BCUT2D eigenvalue weighted by atomic mass is 16.5. The van der Waals surface area contributed by atoms with Gasteiger partial charge in [0.15, 0.2) is 6.10 Å². The van der Waals surface area contributed by atoms with Gasteiger partial charge < -0.3 is 20.3 Å². The van der Waals surface area contributed by atoms with Crippen LogP contribution in [0.2, 0.25) is 0 Å². The third-order valence-corrected chi connectivity index (χ3v) is 3.73. The van der Waals surface area contributed by atoms with E-state index in [2.05, 4.69) is 19.2 Å². The summed E-state index contributed by atoms with van der Waals surface area (Å²) in [6, 6.07) is 11.2. The van der Waals surface area contributed by atoms with Crippen molar-refractivity contribution in [2.75, 3.05) is 5.32 Å². The third kappa shape index (κ3) is 4.73. The number of nitrogens with one attached hydrogen (secondary N) is 1. The smallest absolute Gasteiger partial charge is 0.335 e. The lowest BCUT2D eigenvalue weighted by molar-refractivity contribution is -0.122. The molecule has 0 aliphatic rings. The molecule has 1 atom stereocenters. The molecule has 2 rings (SSSR count). The summed E-state index contributed by atoms with van der Waals surface area (Å²) in [5, 5.41) is 21.2. The minimum atomic E-state index is -1.16. The fourth-order valence-corrected chi connectivity index (χ4v) is 2.19. The highest BCUT2D eigenvalue weighted by Crippen LogP contribution is 2.25. The van der Waals surface area contributed by atoms with E-state index in [-0.39, 0.29) is 17.0 Å². The molecule has 132 valence electrons. The lowest BCUT2D eigenvalue weighted by Gasteiger charge is -2.16. The number of aromatic hydroxyl groups is 1. The molecule has 0 aromatic heterocycles. The van der Waals surface area contributed by atoms with Gasteiger partial charge in [-0.05, 0) is 48.7 Å². The molecule has 2 aromatic rings. The van der Waals surface area contributed by atoms with E-state index in [1.807, 2.05) is 12.1 Å². The van der Waals surface area contributed by atoms with Crippen molar-refractivity contribution in [2.24, 2.45) is 0 Å². The first-order valence-corrected chi connectivity index (χ1v) is 7.91. The Morgan fingerprint density at radius 1 is 1.04 bits per heavy atom. The van der Waals surface area contributed by atoms with Crippen LogP contribution in [-0.2, 0) is 4.79 Å². The molecule has 0 saturated carbocycles. The van der Waals surface area contributed by atoms with Crippen molar-refractivity contribution in [2.45, 2.75) is 32.8 Å². The van der Waals surface area contributed by atoms with Gasteiger partial charge in [0.05, 0.1) is 11.3 Å². The molecule has 0 heterocycles. The van der Waals surface area contributed by atoms with E-state index in [1.165, 1.54) is 17.7 Å². The highest BCUT2D eigenvalue weighted by molar-refractivity contribution is 5.96. The zero-order valence-electron chi connectivity index (χ0n) is 14.3. The number of carbonyl (C=O) groups is 2. The average molecular weight is 343 g/mol. The Morgan fingerprint density at radius 2 is 1.68 bits per heavy atom. The largest absolute Gasteiger partial charge is 0.506 e. The summed E-state index contributed by atoms with van der Waals surface area (Å²) in [5.41, 5.74) is 1.23.